The number of benzene rings is 1. The molecule has 2 aromatic rings. The van der Waals surface area contributed by atoms with Gasteiger partial charge in [0.1, 0.15) is 5.69 Å². The van der Waals surface area contributed by atoms with Gasteiger partial charge in [0.2, 0.25) is 0 Å². The van der Waals surface area contributed by atoms with E-state index in [1.165, 1.54) is 11.0 Å². The number of nitrogens with one attached hydrogen (secondary N) is 1. The molecule has 10 heteroatoms. The second-order valence-corrected chi connectivity index (χ2v) is 9.56. The fourth-order valence-corrected chi connectivity index (χ4v) is 4.69. The number of nitro groups is 1. The van der Waals surface area contributed by atoms with Crippen LogP contribution >= 0.6 is 0 Å². The van der Waals surface area contributed by atoms with Crippen LogP contribution in [0.4, 0.5) is 16.2 Å². The minimum Gasteiger partial charge on any atom is -0.465 e. The number of carboxylic acid groups (broad SMARTS) is 1. The summed E-state index contributed by atoms with van der Waals surface area (Å²) in [4.78, 5) is 25.0. The number of likely N-dealkylation sites (tertiary alicyclic amines) is 1. The molecule has 1 aromatic heterocycles. The summed E-state index contributed by atoms with van der Waals surface area (Å²) < 4.78 is 7.11. The van der Waals surface area contributed by atoms with Crippen molar-refractivity contribution < 1.29 is 19.6 Å². The molecule has 1 aromatic carbocycles. The Balaban J connectivity index is 2.09. The average Bonchev–Trinajstić information content (AvgIpc) is 2.97. The Morgan fingerprint density at radius 1 is 1.41 bits per heavy atom. The van der Waals surface area contributed by atoms with Gasteiger partial charge in [0, 0.05) is 25.8 Å². The van der Waals surface area contributed by atoms with Crippen molar-refractivity contribution in [3.63, 3.8) is 0 Å². The van der Waals surface area contributed by atoms with Crippen molar-refractivity contribution in [2.75, 3.05) is 19.0 Å². The Labute approximate surface area is 187 Å². The second kappa shape index (κ2) is 9.32. The number of hydrogen-bond donors (Lipinski definition) is 2. The first-order chi connectivity index (χ1) is 15.0. The summed E-state index contributed by atoms with van der Waals surface area (Å²) in [6.45, 7) is 8.91. The van der Waals surface area contributed by atoms with Crippen LogP contribution in [0.15, 0.2) is 18.3 Å². The number of aromatic nitrogens is 2. The molecule has 0 saturated carbocycles. The normalized spacial score (nSPS) is 20.7. The summed E-state index contributed by atoms with van der Waals surface area (Å²) in [6.07, 6.45) is 2.91. The predicted octanol–water partition coefficient (Wildman–Crippen LogP) is 4.34. The summed E-state index contributed by atoms with van der Waals surface area (Å²) in [5, 5.41) is 30.2. The molecule has 10 nitrogen and oxygen atoms in total. The lowest BCUT2D eigenvalue weighted by Crippen LogP contribution is -2.54. The molecule has 1 saturated heterocycles. The Hall–Kier alpha value is -2.88. The van der Waals surface area contributed by atoms with Crippen LogP contribution in [0.3, 0.4) is 0 Å². The van der Waals surface area contributed by atoms with Crippen LogP contribution in [0, 0.1) is 15.5 Å². The number of hydrogen-bond acceptors (Lipinski definition) is 6. The first-order valence-corrected chi connectivity index (χ1v) is 11.0. The second-order valence-electron chi connectivity index (χ2n) is 9.56. The molecule has 2 heterocycles. The molecule has 176 valence electrons. The number of anilines is 1. The molecule has 3 atom stereocenters. The lowest BCUT2D eigenvalue weighted by atomic mass is 9.80. The number of methoxy groups -OCH3 is 1. The van der Waals surface area contributed by atoms with E-state index >= 15 is 0 Å². The zero-order valence-corrected chi connectivity index (χ0v) is 19.4. The third-order valence-corrected chi connectivity index (χ3v) is 6.18. The van der Waals surface area contributed by atoms with Gasteiger partial charge >= 0.3 is 6.09 Å². The Morgan fingerprint density at radius 2 is 2.12 bits per heavy atom. The van der Waals surface area contributed by atoms with Crippen LogP contribution in [-0.4, -0.2) is 62.6 Å². The van der Waals surface area contributed by atoms with E-state index in [0.717, 1.165) is 18.4 Å². The summed E-state index contributed by atoms with van der Waals surface area (Å²) in [6, 6.07) is 2.56. The van der Waals surface area contributed by atoms with E-state index in [0.29, 0.717) is 30.6 Å². The molecule has 2 N–H and O–H groups in total. The first-order valence-electron chi connectivity index (χ1n) is 11.0. The van der Waals surface area contributed by atoms with E-state index in [4.69, 9.17) is 4.74 Å². The van der Waals surface area contributed by atoms with Gasteiger partial charge in [-0.05, 0) is 37.7 Å². The highest BCUT2D eigenvalue weighted by molar-refractivity contribution is 5.96. The lowest BCUT2D eigenvalue weighted by molar-refractivity contribution is -0.383. The third-order valence-electron chi connectivity index (χ3n) is 6.18. The zero-order valence-electron chi connectivity index (χ0n) is 19.4. The molecule has 0 bridgehead atoms. The Bertz CT molecular complexity index is 983. The van der Waals surface area contributed by atoms with Crippen molar-refractivity contribution in [1.82, 2.24) is 14.7 Å². The smallest absolute Gasteiger partial charge is 0.407 e. The highest BCUT2D eigenvalue weighted by atomic mass is 16.6. The quantitative estimate of drug-likeness (QED) is 0.499. The highest BCUT2D eigenvalue weighted by Crippen LogP contribution is 2.38. The summed E-state index contributed by atoms with van der Waals surface area (Å²) in [7, 11) is 1.63. The fourth-order valence-electron chi connectivity index (χ4n) is 4.69. The van der Waals surface area contributed by atoms with Gasteiger partial charge in [0.05, 0.1) is 40.7 Å². The molecule has 1 aliphatic heterocycles. The maximum atomic E-state index is 12.0. The van der Waals surface area contributed by atoms with Crippen LogP contribution in [0.2, 0.25) is 0 Å². The molecule has 1 amide bonds. The minimum absolute atomic E-state index is 0.0457. The van der Waals surface area contributed by atoms with Gasteiger partial charge in [0.25, 0.3) is 5.69 Å². The van der Waals surface area contributed by atoms with Crippen LogP contribution < -0.4 is 5.32 Å². The highest BCUT2D eigenvalue weighted by Gasteiger charge is 2.41. The number of fused-ring (bicyclic) bond motifs is 1. The van der Waals surface area contributed by atoms with Crippen molar-refractivity contribution >= 4 is 28.4 Å². The lowest BCUT2D eigenvalue weighted by Gasteiger charge is -2.42. The first kappa shape index (κ1) is 23.8. The minimum atomic E-state index is -0.965. The van der Waals surface area contributed by atoms with Crippen LogP contribution in [0.5, 0.6) is 0 Å². The predicted molar refractivity (Wildman–Crippen MR) is 122 cm³/mol. The maximum Gasteiger partial charge on any atom is 0.407 e. The number of carbonyl (C=O) groups is 1. The van der Waals surface area contributed by atoms with Crippen molar-refractivity contribution in [3.8, 4) is 0 Å². The fraction of sp³-hybridized carbons (Fsp3) is 0.636. The molecule has 0 radical (unpaired) electrons. The largest absolute Gasteiger partial charge is 0.465 e. The molecule has 1 fully saturated rings. The van der Waals surface area contributed by atoms with Crippen molar-refractivity contribution in [3.05, 3.63) is 28.4 Å². The topological polar surface area (TPSA) is 123 Å². The molecule has 0 aliphatic carbocycles. The number of rotatable bonds is 6. The third kappa shape index (κ3) is 4.79. The molecule has 32 heavy (non-hydrogen) atoms. The Kier molecular flexibility index (Phi) is 6.92. The van der Waals surface area contributed by atoms with Gasteiger partial charge in [0.15, 0.2) is 0 Å². The summed E-state index contributed by atoms with van der Waals surface area (Å²) >= 11 is 0. The molecule has 0 spiro atoms. The van der Waals surface area contributed by atoms with E-state index in [-0.39, 0.29) is 29.3 Å². The molecule has 1 aliphatic rings. The van der Waals surface area contributed by atoms with Gasteiger partial charge in [-0.15, -0.1) is 0 Å². The number of ether oxygens (including phenoxy) is 1. The van der Waals surface area contributed by atoms with Crippen LogP contribution in [0.25, 0.3) is 10.9 Å². The van der Waals surface area contributed by atoms with Crippen molar-refractivity contribution in [2.24, 2.45) is 5.41 Å². The number of nitro benzene ring substituents is 1. The molecule has 3 rings (SSSR count). The van der Waals surface area contributed by atoms with E-state index in [2.05, 4.69) is 10.4 Å². The van der Waals surface area contributed by atoms with E-state index in [1.54, 1.807) is 24.1 Å². The van der Waals surface area contributed by atoms with Gasteiger partial charge in [-0.1, -0.05) is 20.8 Å². The van der Waals surface area contributed by atoms with E-state index in [9.17, 15) is 20.0 Å². The maximum absolute atomic E-state index is 12.0. The Morgan fingerprint density at radius 3 is 2.72 bits per heavy atom. The van der Waals surface area contributed by atoms with Crippen molar-refractivity contribution in [1.29, 1.82) is 0 Å². The van der Waals surface area contributed by atoms with E-state index in [1.807, 2.05) is 27.7 Å². The van der Waals surface area contributed by atoms with Gasteiger partial charge in [-0.25, -0.2) is 4.79 Å². The van der Waals surface area contributed by atoms with Gasteiger partial charge in [-0.2, -0.15) is 5.10 Å². The summed E-state index contributed by atoms with van der Waals surface area (Å²) in [5.74, 6) is 0. The summed E-state index contributed by atoms with van der Waals surface area (Å²) in [5.41, 5.74) is 0.741. The van der Waals surface area contributed by atoms with Gasteiger partial charge in [-0.3, -0.25) is 14.8 Å². The number of nitrogens with zero attached hydrogens (tertiary/aromatic N) is 4. The zero-order chi connectivity index (χ0) is 23.6. The van der Waals surface area contributed by atoms with Crippen LogP contribution in [0.1, 0.15) is 47.0 Å². The monoisotopic (exact) mass is 447 g/mol. The SMILES string of the molecule is CO[C@H](C)Cn1ncc2c(NC3CCCCN(C(=O)O)[C@@H]3C(C)(C)C)c([N+](=O)[O-])ccc21. The molecule has 1 unspecified atom stereocenters. The average molecular weight is 448 g/mol. The van der Waals surface area contributed by atoms with Gasteiger partial charge < -0.3 is 20.1 Å². The number of amides is 1. The molecular formula is C22H33N5O5. The van der Waals surface area contributed by atoms with Crippen LogP contribution in [-0.2, 0) is 11.3 Å². The van der Waals surface area contributed by atoms with E-state index < -0.39 is 11.0 Å². The standard InChI is InChI=1S/C22H33N5O5/c1-14(32-5)13-26-17-9-10-18(27(30)31)19(15(17)12-23-26)24-16-8-6-7-11-25(21(28)29)20(16)22(2,3)4/h9-10,12,14,16,20,24H,6-8,11,13H2,1-5H3,(H,28,29)/t14-,16?,20+/m1/s1. The van der Waals surface area contributed by atoms with Crippen molar-refractivity contribution in [2.45, 2.75) is 71.7 Å². The molecular weight excluding hydrogens is 414 g/mol.